The Labute approximate surface area is 163 Å². The summed E-state index contributed by atoms with van der Waals surface area (Å²) >= 11 is 1.45. The van der Waals surface area contributed by atoms with Crippen molar-refractivity contribution in [2.75, 3.05) is 25.3 Å². The Bertz CT molecular complexity index is 959. The molecule has 0 unspecified atom stereocenters. The molecule has 0 saturated carbocycles. The second kappa shape index (κ2) is 8.77. The monoisotopic (exact) mass is 382 g/mol. The maximum absolute atomic E-state index is 12.3. The molecule has 0 spiro atoms. The largest absolute Gasteiger partial charge is 0.497 e. The summed E-state index contributed by atoms with van der Waals surface area (Å²) in [6.45, 7) is 2.09. The highest BCUT2D eigenvalue weighted by Crippen LogP contribution is 2.28. The van der Waals surface area contributed by atoms with Crippen molar-refractivity contribution < 1.29 is 14.3 Å². The van der Waals surface area contributed by atoms with Crippen LogP contribution < -0.4 is 14.8 Å². The first-order valence-electron chi connectivity index (χ1n) is 8.67. The molecule has 140 valence electrons. The number of amides is 1. The third-order valence-corrected chi connectivity index (χ3v) is 5.17. The molecular formula is C21H22N2O3S. The molecule has 3 aromatic rings. The van der Waals surface area contributed by atoms with E-state index >= 15 is 0 Å². The number of anilines is 1. The topological polar surface area (TPSA) is 60.5 Å². The third-order valence-electron chi connectivity index (χ3n) is 4.14. The van der Waals surface area contributed by atoms with Crippen LogP contribution in [0.25, 0.3) is 10.9 Å². The molecule has 6 heteroatoms. The summed E-state index contributed by atoms with van der Waals surface area (Å²) in [7, 11) is 3.25. The molecule has 0 bridgehead atoms. The first kappa shape index (κ1) is 19.0. The minimum atomic E-state index is -0.0769. The second-order valence-corrected chi connectivity index (χ2v) is 6.90. The molecular weight excluding hydrogens is 360 g/mol. The van der Waals surface area contributed by atoms with Gasteiger partial charge in [-0.3, -0.25) is 4.79 Å². The number of rotatable bonds is 7. The molecule has 1 aromatic heterocycles. The van der Waals surface area contributed by atoms with Crippen molar-refractivity contribution in [3.63, 3.8) is 0 Å². The molecule has 0 atom stereocenters. The molecule has 1 amide bonds. The van der Waals surface area contributed by atoms with Crippen LogP contribution in [0.4, 0.5) is 5.69 Å². The Balaban J connectivity index is 1.72. The van der Waals surface area contributed by atoms with Crippen molar-refractivity contribution in [1.82, 2.24) is 4.98 Å². The van der Waals surface area contributed by atoms with Gasteiger partial charge in [-0.2, -0.15) is 0 Å². The summed E-state index contributed by atoms with van der Waals surface area (Å²) in [5, 5.41) is 4.82. The first-order valence-corrected chi connectivity index (χ1v) is 9.66. The summed E-state index contributed by atoms with van der Waals surface area (Å²) in [5.41, 5.74) is 2.73. The molecule has 0 aliphatic carbocycles. The molecule has 5 nitrogen and oxygen atoms in total. The molecule has 3 rings (SSSR count). The van der Waals surface area contributed by atoms with E-state index in [1.807, 2.05) is 36.4 Å². The van der Waals surface area contributed by atoms with Crippen LogP contribution in [0.3, 0.4) is 0 Å². The smallest absolute Gasteiger partial charge is 0.234 e. The van der Waals surface area contributed by atoms with Gasteiger partial charge >= 0.3 is 0 Å². The lowest BCUT2D eigenvalue weighted by Crippen LogP contribution is -2.14. The number of aryl methyl sites for hydroxylation is 1. The number of carbonyl (C=O) groups excluding carboxylic acids is 1. The number of nitrogens with zero attached hydrogens (tertiary/aromatic N) is 1. The van der Waals surface area contributed by atoms with Gasteiger partial charge in [0.15, 0.2) is 0 Å². The van der Waals surface area contributed by atoms with Crippen molar-refractivity contribution in [3.05, 3.63) is 54.1 Å². The molecule has 0 radical (unpaired) electrons. The normalized spacial score (nSPS) is 10.6. The van der Waals surface area contributed by atoms with Crippen molar-refractivity contribution >= 4 is 34.3 Å². The summed E-state index contributed by atoms with van der Waals surface area (Å²) in [5.74, 6) is 1.73. The van der Waals surface area contributed by atoms with Crippen LogP contribution in [0.5, 0.6) is 11.5 Å². The second-order valence-electron chi connectivity index (χ2n) is 5.93. The highest BCUT2D eigenvalue weighted by Gasteiger charge is 2.10. The molecule has 1 N–H and O–H groups in total. The number of carbonyl (C=O) groups is 1. The van der Waals surface area contributed by atoms with Crippen LogP contribution in [0, 0.1) is 0 Å². The van der Waals surface area contributed by atoms with Gasteiger partial charge < -0.3 is 14.8 Å². The van der Waals surface area contributed by atoms with Gasteiger partial charge in [0.05, 0.1) is 25.5 Å². The molecule has 0 fully saturated rings. The summed E-state index contributed by atoms with van der Waals surface area (Å²) in [4.78, 5) is 17.1. The maximum Gasteiger partial charge on any atom is 0.234 e. The zero-order valence-corrected chi connectivity index (χ0v) is 16.4. The minimum Gasteiger partial charge on any atom is -0.497 e. The lowest BCUT2D eigenvalue weighted by atomic mass is 10.1. The fourth-order valence-electron chi connectivity index (χ4n) is 2.72. The third kappa shape index (κ3) is 4.71. The van der Waals surface area contributed by atoms with Crippen molar-refractivity contribution in [2.45, 2.75) is 18.4 Å². The van der Waals surface area contributed by atoms with Crippen LogP contribution >= 0.6 is 11.8 Å². The Morgan fingerprint density at radius 1 is 1.07 bits per heavy atom. The van der Waals surface area contributed by atoms with Gasteiger partial charge in [0, 0.05) is 17.1 Å². The van der Waals surface area contributed by atoms with Crippen LogP contribution in [0.1, 0.15) is 12.5 Å². The zero-order valence-electron chi connectivity index (χ0n) is 15.6. The molecule has 1 heterocycles. The van der Waals surface area contributed by atoms with E-state index in [0.29, 0.717) is 17.2 Å². The van der Waals surface area contributed by atoms with E-state index in [-0.39, 0.29) is 5.91 Å². The van der Waals surface area contributed by atoms with E-state index in [2.05, 4.69) is 18.3 Å². The molecule has 27 heavy (non-hydrogen) atoms. The van der Waals surface area contributed by atoms with Crippen LogP contribution in [0.2, 0.25) is 0 Å². The number of nitrogens with one attached hydrogen (secondary N) is 1. The standard InChI is InChI=1S/C21H22N2O3S/c1-4-14-10-15-11-18(26-3)8-9-19(15)23-21(14)27-13-20(24)22-16-6-5-7-17(12-16)25-2/h5-12H,4,13H2,1-3H3,(H,22,24). The van der Waals surface area contributed by atoms with Gasteiger partial charge in [-0.15, -0.1) is 0 Å². The van der Waals surface area contributed by atoms with Crippen molar-refractivity contribution in [2.24, 2.45) is 0 Å². The minimum absolute atomic E-state index is 0.0769. The number of fused-ring (bicyclic) bond motifs is 1. The number of aromatic nitrogens is 1. The Morgan fingerprint density at radius 2 is 1.85 bits per heavy atom. The quantitative estimate of drug-likeness (QED) is 0.608. The van der Waals surface area contributed by atoms with E-state index in [0.717, 1.165) is 33.7 Å². The van der Waals surface area contributed by atoms with Gasteiger partial charge in [0.1, 0.15) is 16.5 Å². The molecule has 2 aromatic carbocycles. The fourth-order valence-corrected chi connectivity index (χ4v) is 3.61. The summed E-state index contributed by atoms with van der Waals surface area (Å²) < 4.78 is 10.5. The maximum atomic E-state index is 12.3. The molecule has 0 aliphatic rings. The number of hydrogen-bond acceptors (Lipinski definition) is 5. The van der Waals surface area contributed by atoms with E-state index in [1.54, 1.807) is 20.3 Å². The van der Waals surface area contributed by atoms with Crippen molar-refractivity contribution in [3.8, 4) is 11.5 Å². The summed E-state index contributed by atoms with van der Waals surface area (Å²) in [6, 6.07) is 15.2. The summed E-state index contributed by atoms with van der Waals surface area (Å²) in [6.07, 6.45) is 0.847. The zero-order chi connectivity index (χ0) is 19.2. The van der Waals surface area contributed by atoms with Crippen LogP contribution in [-0.2, 0) is 11.2 Å². The van der Waals surface area contributed by atoms with E-state index < -0.39 is 0 Å². The van der Waals surface area contributed by atoms with E-state index in [4.69, 9.17) is 14.5 Å². The lowest BCUT2D eigenvalue weighted by Gasteiger charge is -2.10. The van der Waals surface area contributed by atoms with Gasteiger partial charge in [0.2, 0.25) is 5.91 Å². The number of ether oxygens (including phenoxy) is 2. The lowest BCUT2D eigenvalue weighted by molar-refractivity contribution is -0.113. The van der Waals surface area contributed by atoms with Gasteiger partial charge in [-0.05, 0) is 48.4 Å². The first-order chi connectivity index (χ1) is 13.1. The predicted octanol–water partition coefficient (Wildman–Crippen LogP) is 4.55. The van der Waals surface area contributed by atoms with Crippen LogP contribution in [-0.4, -0.2) is 30.9 Å². The number of pyridine rings is 1. The number of methoxy groups -OCH3 is 2. The molecule has 0 aliphatic heterocycles. The SMILES string of the molecule is CCc1cc2cc(OC)ccc2nc1SCC(=O)Nc1cccc(OC)c1. The van der Waals surface area contributed by atoms with Gasteiger partial charge in [-0.25, -0.2) is 4.98 Å². The van der Waals surface area contributed by atoms with Crippen molar-refractivity contribution in [1.29, 1.82) is 0 Å². The highest BCUT2D eigenvalue weighted by atomic mass is 32.2. The molecule has 0 saturated heterocycles. The van der Waals surface area contributed by atoms with E-state index in [9.17, 15) is 4.79 Å². The highest BCUT2D eigenvalue weighted by molar-refractivity contribution is 8.00. The fraction of sp³-hybridized carbons (Fsp3) is 0.238. The predicted molar refractivity (Wildman–Crippen MR) is 110 cm³/mol. The average Bonchev–Trinajstić information content (AvgIpc) is 2.71. The number of benzene rings is 2. The Morgan fingerprint density at radius 3 is 2.59 bits per heavy atom. The number of thioether (sulfide) groups is 1. The Hall–Kier alpha value is -2.73. The number of hydrogen-bond donors (Lipinski definition) is 1. The van der Waals surface area contributed by atoms with Gasteiger partial charge in [-0.1, -0.05) is 24.8 Å². The van der Waals surface area contributed by atoms with Crippen LogP contribution in [0.15, 0.2) is 53.6 Å². The average molecular weight is 382 g/mol. The van der Waals surface area contributed by atoms with Gasteiger partial charge in [0.25, 0.3) is 0 Å². The van der Waals surface area contributed by atoms with E-state index in [1.165, 1.54) is 11.8 Å². The Kier molecular flexibility index (Phi) is 6.19.